The summed E-state index contributed by atoms with van der Waals surface area (Å²) in [6.07, 6.45) is 0.976. The molecule has 4 heteroatoms. The third-order valence-electron chi connectivity index (χ3n) is 4.06. The molecule has 0 bridgehead atoms. The van der Waals surface area contributed by atoms with Crippen molar-refractivity contribution < 1.29 is 0 Å². The van der Waals surface area contributed by atoms with Crippen molar-refractivity contribution in [3.63, 3.8) is 0 Å². The monoisotopic (exact) mass is 390 g/mol. The van der Waals surface area contributed by atoms with E-state index in [1.165, 1.54) is 22.3 Å². The number of anilines is 1. The Morgan fingerprint density at radius 2 is 1.78 bits per heavy atom. The molecule has 1 atom stereocenters. The Balaban J connectivity index is 2.07. The van der Waals surface area contributed by atoms with Crippen LogP contribution in [0.2, 0.25) is 0 Å². The average molecular weight is 391 g/mol. The highest BCUT2D eigenvalue weighted by molar-refractivity contribution is 9.10. The van der Waals surface area contributed by atoms with E-state index in [1.54, 1.807) is 0 Å². The van der Waals surface area contributed by atoms with Gasteiger partial charge in [0.05, 0.1) is 6.04 Å². The fraction of sp³-hybridized carbons (Fsp3) is 0.316. The molecule has 0 amide bonds. The minimum Gasteiger partial charge on any atom is -0.356 e. The maximum atomic E-state index is 5.48. The van der Waals surface area contributed by atoms with Gasteiger partial charge in [0.15, 0.2) is 5.11 Å². The van der Waals surface area contributed by atoms with Gasteiger partial charge in [-0.2, -0.15) is 0 Å². The maximum absolute atomic E-state index is 5.48. The number of thiocarbonyl (C=S) groups is 1. The molecule has 122 valence electrons. The van der Waals surface area contributed by atoms with Crippen molar-refractivity contribution in [2.45, 2.75) is 40.2 Å². The molecule has 2 aromatic carbocycles. The molecule has 0 aromatic heterocycles. The van der Waals surface area contributed by atoms with Crippen LogP contribution in [0.3, 0.4) is 0 Å². The van der Waals surface area contributed by atoms with Crippen molar-refractivity contribution in [2.24, 2.45) is 0 Å². The third kappa shape index (κ3) is 4.79. The molecule has 0 aliphatic heterocycles. The van der Waals surface area contributed by atoms with E-state index >= 15 is 0 Å². The van der Waals surface area contributed by atoms with Crippen LogP contribution >= 0.6 is 28.1 Å². The molecule has 0 fully saturated rings. The van der Waals surface area contributed by atoms with Crippen molar-refractivity contribution in [3.05, 3.63) is 63.1 Å². The first kappa shape index (κ1) is 18.0. The van der Waals surface area contributed by atoms with Crippen molar-refractivity contribution in [1.29, 1.82) is 0 Å². The summed E-state index contributed by atoms with van der Waals surface area (Å²) in [5.41, 5.74) is 6.07. The zero-order valence-electron chi connectivity index (χ0n) is 14.0. The second kappa shape index (κ2) is 7.93. The number of rotatable bonds is 4. The van der Waals surface area contributed by atoms with Crippen LogP contribution in [0.4, 0.5) is 5.69 Å². The third-order valence-corrected chi connectivity index (χ3v) is 5.17. The van der Waals surface area contributed by atoms with Crippen LogP contribution in [0.5, 0.6) is 0 Å². The summed E-state index contributed by atoms with van der Waals surface area (Å²) in [5, 5.41) is 7.34. The molecule has 0 saturated carbocycles. The van der Waals surface area contributed by atoms with Gasteiger partial charge in [-0.25, -0.2) is 0 Å². The summed E-state index contributed by atoms with van der Waals surface area (Å²) in [6, 6.07) is 12.9. The smallest absolute Gasteiger partial charge is 0.171 e. The lowest BCUT2D eigenvalue weighted by molar-refractivity contribution is 0.628. The van der Waals surface area contributed by atoms with Crippen molar-refractivity contribution in [2.75, 3.05) is 5.32 Å². The molecule has 2 N–H and O–H groups in total. The predicted octanol–water partition coefficient (Wildman–Crippen LogP) is 5.81. The lowest BCUT2D eigenvalue weighted by Gasteiger charge is -2.21. The largest absolute Gasteiger partial charge is 0.356 e. The van der Waals surface area contributed by atoms with E-state index in [0.29, 0.717) is 5.11 Å². The van der Waals surface area contributed by atoms with E-state index in [9.17, 15) is 0 Å². The number of halogens is 1. The first-order chi connectivity index (χ1) is 10.9. The van der Waals surface area contributed by atoms with Crippen LogP contribution in [0.25, 0.3) is 0 Å². The van der Waals surface area contributed by atoms with Crippen LogP contribution in [-0.2, 0) is 0 Å². The average Bonchev–Trinajstić information content (AvgIpc) is 2.51. The summed E-state index contributed by atoms with van der Waals surface area (Å²) in [4.78, 5) is 0. The zero-order valence-corrected chi connectivity index (χ0v) is 16.4. The van der Waals surface area contributed by atoms with E-state index in [2.05, 4.69) is 78.5 Å². The second-order valence-corrected chi connectivity index (χ2v) is 7.13. The Hall–Kier alpha value is -1.39. The highest BCUT2D eigenvalue weighted by Gasteiger charge is 2.11. The van der Waals surface area contributed by atoms with Gasteiger partial charge in [0, 0.05) is 10.2 Å². The van der Waals surface area contributed by atoms with Gasteiger partial charge in [-0.15, -0.1) is 0 Å². The highest BCUT2D eigenvalue weighted by atomic mass is 79.9. The Kier molecular flexibility index (Phi) is 6.19. The van der Waals surface area contributed by atoms with Gasteiger partial charge in [0.1, 0.15) is 0 Å². The highest BCUT2D eigenvalue weighted by Crippen LogP contribution is 2.22. The number of hydrogen-bond acceptors (Lipinski definition) is 1. The minimum atomic E-state index is 0.214. The molecule has 0 saturated heterocycles. The molecule has 1 unspecified atom stereocenters. The molecule has 2 rings (SSSR count). The van der Waals surface area contributed by atoms with Crippen LogP contribution in [0.1, 0.15) is 41.6 Å². The van der Waals surface area contributed by atoms with Crippen molar-refractivity contribution in [1.82, 2.24) is 5.32 Å². The van der Waals surface area contributed by atoms with Gasteiger partial charge >= 0.3 is 0 Å². The fourth-order valence-electron chi connectivity index (χ4n) is 2.45. The Morgan fingerprint density at radius 1 is 1.04 bits per heavy atom. The van der Waals surface area contributed by atoms with Gasteiger partial charge in [-0.3, -0.25) is 0 Å². The molecule has 0 heterocycles. The van der Waals surface area contributed by atoms with Gasteiger partial charge < -0.3 is 10.6 Å². The van der Waals surface area contributed by atoms with E-state index in [1.807, 2.05) is 12.1 Å². The summed E-state index contributed by atoms with van der Waals surface area (Å²) in [7, 11) is 0. The van der Waals surface area contributed by atoms with Crippen LogP contribution in [0, 0.1) is 20.8 Å². The van der Waals surface area contributed by atoms with E-state index in [-0.39, 0.29) is 6.04 Å². The Labute approximate surface area is 152 Å². The Bertz CT molecular complexity index is 713. The summed E-state index contributed by atoms with van der Waals surface area (Å²) in [6.45, 7) is 8.51. The first-order valence-corrected chi connectivity index (χ1v) is 9.01. The topological polar surface area (TPSA) is 24.1 Å². The first-order valence-electron chi connectivity index (χ1n) is 7.81. The lowest BCUT2D eigenvalue weighted by Crippen LogP contribution is -2.32. The fourth-order valence-corrected chi connectivity index (χ4v) is 2.96. The predicted molar refractivity (Wildman–Crippen MR) is 107 cm³/mol. The molecule has 2 aromatic rings. The summed E-state index contributed by atoms with van der Waals surface area (Å²) >= 11 is 8.99. The van der Waals surface area contributed by atoms with E-state index < -0.39 is 0 Å². The molecule has 0 aliphatic carbocycles. The van der Waals surface area contributed by atoms with Crippen LogP contribution in [-0.4, -0.2) is 5.11 Å². The second-order valence-electron chi connectivity index (χ2n) is 5.87. The van der Waals surface area contributed by atoms with Crippen molar-refractivity contribution >= 4 is 38.9 Å². The van der Waals surface area contributed by atoms with Gasteiger partial charge in [-0.05, 0) is 79.9 Å². The zero-order chi connectivity index (χ0) is 17.0. The maximum Gasteiger partial charge on any atom is 0.171 e. The van der Waals surface area contributed by atoms with Crippen LogP contribution in [0.15, 0.2) is 40.9 Å². The lowest BCUT2D eigenvalue weighted by atomic mass is 9.99. The summed E-state index contributed by atoms with van der Waals surface area (Å²) < 4.78 is 1.10. The van der Waals surface area contributed by atoms with Crippen LogP contribution < -0.4 is 10.6 Å². The number of nitrogens with one attached hydrogen (secondary N) is 2. The number of aryl methyl sites for hydroxylation is 3. The van der Waals surface area contributed by atoms with Gasteiger partial charge in [0.25, 0.3) is 0 Å². The van der Waals surface area contributed by atoms with E-state index in [4.69, 9.17) is 12.2 Å². The van der Waals surface area contributed by atoms with E-state index in [0.717, 1.165) is 16.6 Å². The SMILES string of the molecule is CCC(NC(=S)Nc1ccc(Br)c(C)c1)c1ccc(C)c(C)c1. The molecular formula is C19H23BrN2S. The van der Waals surface area contributed by atoms with Crippen molar-refractivity contribution in [3.8, 4) is 0 Å². The number of benzene rings is 2. The molecular weight excluding hydrogens is 368 g/mol. The normalized spacial score (nSPS) is 11.9. The molecule has 23 heavy (non-hydrogen) atoms. The molecule has 0 radical (unpaired) electrons. The van der Waals surface area contributed by atoms with Gasteiger partial charge in [0.2, 0.25) is 0 Å². The number of hydrogen-bond donors (Lipinski definition) is 2. The quantitative estimate of drug-likeness (QED) is 0.643. The summed E-state index contributed by atoms with van der Waals surface area (Å²) in [5.74, 6) is 0. The molecule has 2 nitrogen and oxygen atoms in total. The molecule has 0 aliphatic rings. The molecule has 0 spiro atoms. The standard InChI is InChI=1S/C19H23BrN2S/c1-5-18(15-7-6-12(2)13(3)10-15)22-19(23)21-16-8-9-17(20)14(4)11-16/h6-11,18H,5H2,1-4H3,(H2,21,22,23). The van der Waals surface area contributed by atoms with Gasteiger partial charge in [-0.1, -0.05) is 41.1 Å². The minimum absolute atomic E-state index is 0.214. The Morgan fingerprint density at radius 3 is 2.39 bits per heavy atom.